The van der Waals surface area contributed by atoms with Crippen molar-refractivity contribution in [3.63, 3.8) is 0 Å². The Morgan fingerprint density at radius 1 is 0.462 bits per heavy atom. The fourth-order valence-electron chi connectivity index (χ4n) is 5.94. The lowest BCUT2D eigenvalue weighted by Gasteiger charge is -2.26. The van der Waals surface area contributed by atoms with Crippen LogP contribution in [0, 0.1) is 0 Å². The molecule has 0 heterocycles. The number of aliphatic carboxylic acids is 1. The second kappa shape index (κ2) is 46.2. The Labute approximate surface area is 396 Å². The van der Waals surface area contributed by atoms with Gasteiger partial charge in [0.15, 0.2) is 12.4 Å². The molecule has 9 heteroatoms. The molecule has 0 aromatic carbocycles. The van der Waals surface area contributed by atoms with Crippen molar-refractivity contribution in [1.82, 2.24) is 0 Å². The Kier molecular flexibility index (Phi) is 43.2. The van der Waals surface area contributed by atoms with Gasteiger partial charge in [-0.15, -0.1) is 0 Å². The number of nitrogens with zero attached hydrogens (tertiary/aromatic N) is 1. The molecule has 0 radical (unpaired) electrons. The number of carbonyl (C=O) groups excluding carboxylic acids is 3. The summed E-state index contributed by atoms with van der Waals surface area (Å²) in [6, 6.07) is 0. The number of esters is 2. The minimum atomic E-state index is -1.64. The third kappa shape index (κ3) is 47.5. The topological polar surface area (TPSA) is 111 Å². The van der Waals surface area contributed by atoms with E-state index in [1.54, 1.807) is 0 Å². The van der Waals surface area contributed by atoms with E-state index in [0.717, 1.165) is 116 Å². The van der Waals surface area contributed by atoms with Crippen molar-refractivity contribution in [1.29, 1.82) is 0 Å². The number of rotatable bonds is 43. The third-order valence-corrected chi connectivity index (χ3v) is 9.70. The number of ether oxygens (including phenoxy) is 4. The van der Waals surface area contributed by atoms with Crippen molar-refractivity contribution >= 4 is 17.9 Å². The van der Waals surface area contributed by atoms with E-state index in [-0.39, 0.29) is 32.7 Å². The molecule has 0 spiro atoms. The van der Waals surface area contributed by atoms with Crippen LogP contribution in [0.5, 0.6) is 0 Å². The third-order valence-electron chi connectivity index (χ3n) is 9.70. The SMILES string of the molecule is CC/C=C\C/C=C\C/C=C\C/C=C\C/C=C\C/C=C\CCCCC(=O)OC(COC(=O)CCCCCCCC/C=C\C/C=C\C/C=C\C/C=C\CC)COC(OCC[N+](C)(C)C)C(=O)[O-]. The first-order chi connectivity index (χ1) is 31.6. The average molecular weight is 904 g/mol. The first-order valence-electron chi connectivity index (χ1n) is 24.7. The van der Waals surface area contributed by atoms with Gasteiger partial charge in [-0.3, -0.25) is 9.59 Å². The van der Waals surface area contributed by atoms with E-state index in [9.17, 15) is 19.5 Å². The van der Waals surface area contributed by atoms with E-state index in [1.165, 1.54) is 0 Å². The summed E-state index contributed by atoms with van der Waals surface area (Å²) in [7, 11) is 5.88. The maximum atomic E-state index is 12.8. The number of allylic oxidation sites excluding steroid dienone is 20. The van der Waals surface area contributed by atoms with Crippen molar-refractivity contribution in [2.45, 2.75) is 167 Å². The minimum absolute atomic E-state index is 0.129. The van der Waals surface area contributed by atoms with Gasteiger partial charge in [-0.2, -0.15) is 0 Å². The molecule has 0 bridgehead atoms. The van der Waals surface area contributed by atoms with Gasteiger partial charge in [0.2, 0.25) is 0 Å². The molecule has 2 unspecified atom stereocenters. The van der Waals surface area contributed by atoms with Gasteiger partial charge in [-0.1, -0.05) is 161 Å². The Morgan fingerprint density at radius 2 is 0.831 bits per heavy atom. The van der Waals surface area contributed by atoms with Crippen LogP contribution in [0.1, 0.15) is 155 Å². The van der Waals surface area contributed by atoms with Gasteiger partial charge >= 0.3 is 11.9 Å². The van der Waals surface area contributed by atoms with Gasteiger partial charge in [0.1, 0.15) is 13.2 Å². The highest BCUT2D eigenvalue weighted by Crippen LogP contribution is 2.12. The fraction of sp³-hybridized carbons (Fsp3) is 0.589. The highest BCUT2D eigenvalue weighted by atomic mass is 16.7. The number of quaternary nitrogens is 1. The molecular formula is C56H89NO8. The van der Waals surface area contributed by atoms with Crippen LogP contribution in [0.4, 0.5) is 0 Å². The lowest BCUT2D eigenvalue weighted by atomic mass is 10.1. The van der Waals surface area contributed by atoms with Gasteiger partial charge in [0.25, 0.3) is 0 Å². The van der Waals surface area contributed by atoms with Crippen molar-refractivity contribution in [2.24, 2.45) is 0 Å². The molecule has 0 aromatic heterocycles. The zero-order valence-corrected chi connectivity index (χ0v) is 41.3. The van der Waals surface area contributed by atoms with Crippen molar-refractivity contribution < 1.29 is 42.9 Å². The van der Waals surface area contributed by atoms with Crippen molar-refractivity contribution in [3.8, 4) is 0 Å². The first-order valence-corrected chi connectivity index (χ1v) is 24.7. The summed E-state index contributed by atoms with van der Waals surface area (Å²) in [4.78, 5) is 37.1. The molecule has 0 N–H and O–H groups in total. The smallest absolute Gasteiger partial charge is 0.306 e. The molecule has 0 saturated carbocycles. The normalized spacial score (nSPS) is 13.9. The zero-order valence-electron chi connectivity index (χ0n) is 41.3. The van der Waals surface area contributed by atoms with E-state index in [2.05, 4.69) is 135 Å². The number of likely N-dealkylation sites (N-methyl/N-ethyl adjacent to an activating group) is 1. The van der Waals surface area contributed by atoms with E-state index in [1.807, 2.05) is 21.1 Å². The second-order valence-electron chi connectivity index (χ2n) is 17.0. The van der Waals surface area contributed by atoms with Crippen LogP contribution in [0.25, 0.3) is 0 Å². The molecular weight excluding hydrogens is 815 g/mol. The summed E-state index contributed by atoms with van der Waals surface area (Å²) in [5.74, 6) is -2.38. The number of carbonyl (C=O) groups is 3. The molecule has 2 atom stereocenters. The summed E-state index contributed by atoms with van der Waals surface area (Å²) in [6.07, 6.45) is 60.9. The Bertz CT molecular complexity index is 1470. The molecule has 366 valence electrons. The molecule has 0 aliphatic carbocycles. The van der Waals surface area contributed by atoms with E-state index in [4.69, 9.17) is 18.9 Å². The molecule has 9 nitrogen and oxygen atoms in total. The van der Waals surface area contributed by atoms with Crippen molar-refractivity contribution in [2.75, 3.05) is 47.5 Å². The van der Waals surface area contributed by atoms with E-state index >= 15 is 0 Å². The molecule has 0 aliphatic heterocycles. The molecule has 0 aromatic rings. The quantitative estimate of drug-likeness (QED) is 0.0196. The molecule has 0 saturated heterocycles. The Hall–Kier alpha value is -4.31. The number of unbranched alkanes of at least 4 members (excludes halogenated alkanes) is 8. The fourth-order valence-corrected chi connectivity index (χ4v) is 5.94. The zero-order chi connectivity index (χ0) is 47.7. The summed E-state index contributed by atoms with van der Waals surface area (Å²) >= 11 is 0. The summed E-state index contributed by atoms with van der Waals surface area (Å²) < 4.78 is 22.5. The lowest BCUT2D eigenvalue weighted by molar-refractivity contribution is -0.870. The van der Waals surface area contributed by atoms with Crippen LogP contribution >= 0.6 is 0 Å². The summed E-state index contributed by atoms with van der Waals surface area (Å²) in [5.41, 5.74) is 0. The number of hydrogen-bond donors (Lipinski definition) is 0. The molecule has 0 aliphatic rings. The number of carboxylic acid groups (broad SMARTS) is 1. The maximum Gasteiger partial charge on any atom is 0.306 e. The van der Waals surface area contributed by atoms with Crippen LogP contribution in [-0.4, -0.2) is 82.3 Å². The lowest BCUT2D eigenvalue weighted by Crippen LogP contribution is -2.44. The number of carboxylic acids is 1. The van der Waals surface area contributed by atoms with Gasteiger partial charge in [0.05, 0.1) is 40.3 Å². The van der Waals surface area contributed by atoms with Gasteiger partial charge in [-0.25, -0.2) is 0 Å². The van der Waals surface area contributed by atoms with Gasteiger partial charge in [-0.05, 0) is 103 Å². The second-order valence-corrected chi connectivity index (χ2v) is 17.0. The average Bonchev–Trinajstić information content (AvgIpc) is 3.27. The molecule has 0 fully saturated rings. The molecule has 0 rings (SSSR count). The van der Waals surface area contributed by atoms with Crippen LogP contribution in [0.2, 0.25) is 0 Å². The van der Waals surface area contributed by atoms with E-state index < -0.39 is 30.3 Å². The first kappa shape index (κ1) is 60.7. The minimum Gasteiger partial charge on any atom is -0.545 e. The van der Waals surface area contributed by atoms with Gasteiger partial charge in [0, 0.05) is 12.8 Å². The van der Waals surface area contributed by atoms with Crippen LogP contribution in [0.15, 0.2) is 122 Å². The highest BCUT2D eigenvalue weighted by Gasteiger charge is 2.21. The predicted molar refractivity (Wildman–Crippen MR) is 269 cm³/mol. The number of hydrogen-bond acceptors (Lipinski definition) is 8. The monoisotopic (exact) mass is 904 g/mol. The Balaban J connectivity index is 4.52. The standard InChI is InChI=1S/C56H89NO8/c1-6-8-10-12-14-16-18-20-22-24-26-27-29-31-33-35-37-39-41-43-45-47-54(59)65-52(51-64-56(55(60)61)62-49-48-57(3,4)5)50-63-53(58)46-44-42-40-38-36-34-32-30-28-25-23-21-19-17-15-13-11-9-7-2/h8-11,14-17,20-23,26-28,30-31,33,37,39,52,56H,6-7,12-13,18-19,24-25,29,32,34-36,38,40-51H2,1-5H3/b10-8-,11-9-,16-14-,17-15-,22-20-,23-21-,27-26-,30-28-,33-31-,39-37-. The summed E-state index contributed by atoms with van der Waals surface area (Å²) in [6.45, 7) is 4.41. The van der Waals surface area contributed by atoms with Crippen LogP contribution < -0.4 is 5.11 Å². The van der Waals surface area contributed by atoms with Crippen molar-refractivity contribution in [3.05, 3.63) is 122 Å². The van der Waals surface area contributed by atoms with Crippen LogP contribution in [0.3, 0.4) is 0 Å². The van der Waals surface area contributed by atoms with Gasteiger partial charge < -0.3 is 33.3 Å². The Morgan fingerprint density at radius 3 is 1.26 bits per heavy atom. The summed E-state index contributed by atoms with van der Waals surface area (Å²) in [5, 5.41) is 11.7. The largest absolute Gasteiger partial charge is 0.545 e. The molecule has 0 amide bonds. The maximum absolute atomic E-state index is 12.8. The highest BCUT2D eigenvalue weighted by molar-refractivity contribution is 5.70. The van der Waals surface area contributed by atoms with E-state index in [0.29, 0.717) is 23.9 Å². The molecule has 65 heavy (non-hydrogen) atoms. The predicted octanol–water partition coefficient (Wildman–Crippen LogP) is 12.4. The van der Waals surface area contributed by atoms with Crippen LogP contribution in [-0.2, 0) is 33.3 Å².